The third-order valence-electron chi connectivity index (χ3n) is 4.90. The molecule has 2 aliphatic rings. The summed E-state index contributed by atoms with van der Waals surface area (Å²) in [5.74, 6) is 1.19. The van der Waals surface area contributed by atoms with Crippen LogP contribution in [0.2, 0.25) is 0 Å². The van der Waals surface area contributed by atoms with Crippen molar-refractivity contribution in [2.24, 2.45) is 16.9 Å². The first kappa shape index (κ1) is 15.3. The third-order valence-corrected chi connectivity index (χ3v) is 6.00. The van der Waals surface area contributed by atoms with Crippen LogP contribution < -0.4 is 11.0 Å². The van der Waals surface area contributed by atoms with E-state index in [-0.39, 0.29) is 17.9 Å². The number of nitrogens with zero attached hydrogens (tertiary/aromatic N) is 2. The summed E-state index contributed by atoms with van der Waals surface area (Å²) in [6, 6.07) is 0. The molecule has 4 rings (SSSR count). The van der Waals surface area contributed by atoms with Gasteiger partial charge >= 0.3 is 0 Å². The van der Waals surface area contributed by atoms with Crippen molar-refractivity contribution in [3.05, 3.63) is 38.8 Å². The minimum atomic E-state index is -0.260. The zero-order valence-corrected chi connectivity index (χ0v) is 14.4. The lowest BCUT2D eigenvalue weighted by Crippen LogP contribution is -2.36. The highest BCUT2D eigenvalue weighted by Crippen LogP contribution is 2.40. The number of allylic oxidation sites excluding steroid dienone is 2. The fraction of sp³-hybridized carbons (Fsp3) is 0.412. The summed E-state index contributed by atoms with van der Waals surface area (Å²) < 4.78 is 0. The van der Waals surface area contributed by atoms with Crippen molar-refractivity contribution < 1.29 is 4.79 Å². The lowest BCUT2D eigenvalue weighted by atomic mass is 9.74. The summed E-state index contributed by atoms with van der Waals surface area (Å²) in [5, 5.41) is 4.85. The fourth-order valence-electron chi connectivity index (χ4n) is 3.37. The Kier molecular flexibility index (Phi) is 3.60. The minimum absolute atomic E-state index is 0.0182. The van der Waals surface area contributed by atoms with Crippen molar-refractivity contribution >= 4 is 33.2 Å². The SMILES string of the molecule is Cc1sc2nc(CC(=O)N/N=C3/C[C@H]4C=CC[C@@H]34)[nH]c(=O)c2c1C. The van der Waals surface area contributed by atoms with Gasteiger partial charge in [-0.05, 0) is 38.2 Å². The Labute approximate surface area is 142 Å². The predicted molar refractivity (Wildman–Crippen MR) is 94.4 cm³/mol. The van der Waals surface area contributed by atoms with Crippen molar-refractivity contribution in [2.75, 3.05) is 0 Å². The van der Waals surface area contributed by atoms with E-state index in [2.05, 4.69) is 32.6 Å². The molecule has 1 amide bonds. The zero-order chi connectivity index (χ0) is 16.8. The van der Waals surface area contributed by atoms with E-state index < -0.39 is 0 Å². The second-order valence-electron chi connectivity index (χ2n) is 6.43. The van der Waals surface area contributed by atoms with Gasteiger partial charge < -0.3 is 4.98 Å². The minimum Gasteiger partial charge on any atom is -0.309 e. The molecule has 0 bridgehead atoms. The van der Waals surface area contributed by atoms with Crippen molar-refractivity contribution in [2.45, 2.75) is 33.1 Å². The average molecular weight is 342 g/mol. The zero-order valence-electron chi connectivity index (χ0n) is 13.5. The van der Waals surface area contributed by atoms with Crippen LogP contribution in [0, 0.1) is 25.7 Å². The van der Waals surface area contributed by atoms with Crippen LogP contribution >= 0.6 is 11.3 Å². The molecule has 2 aromatic rings. The number of rotatable bonds is 3. The molecule has 1 fully saturated rings. The number of aromatic amines is 1. The molecule has 2 aromatic heterocycles. The number of amides is 1. The van der Waals surface area contributed by atoms with Gasteiger partial charge in [-0.2, -0.15) is 5.10 Å². The molecule has 2 heterocycles. The topological polar surface area (TPSA) is 87.2 Å². The second-order valence-corrected chi connectivity index (χ2v) is 7.63. The van der Waals surface area contributed by atoms with E-state index in [0.717, 1.165) is 29.0 Å². The monoisotopic (exact) mass is 342 g/mol. The number of carbonyl (C=O) groups is 1. The van der Waals surface area contributed by atoms with Crippen LogP contribution in [0.15, 0.2) is 22.0 Å². The highest BCUT2D eigenvalue weighted by Gasteiger charge is 2.38. The maximum absolute atomic E-state index is 12.2. The molecule has 1 saturated carbocycles. The maximum Gasteiger partial charge on any atom is 0.259 e. The van der Waals surface area contributed by atoms with Gasteiger partial charge in [0.2, 0.25) is 5.91 Å². The van der Waals surface area contributed by atoms with Crippen LogP contribution in [0.1, 0.15) is 29.1 Å². The molecule has 0 saturated heterocycles. The molecule has 7 heteroatoms. The molecule has 0 aliphatic heterocycles. The Hall–Kier alpha value is -2.28. The number of hydrogen-bond acceptors (Lipinski definition) is 5. The first-order valence-electron chi connectivity index (χ1n) is 8.04. The Morgan fingerprint density at radius 2 is 2.33 bits per heavy atom. The fourth-order valence-corrected chi connectivity index (χ4v) is 4.42. The lowest BCUT2D eigenvalue weighted by Gasteiger charge is -2.31. The molecule has 0 spiro atoms. The van der Waals surface area contributed by atoms with E-state index in [9.17, 15) is 9.59 Å². The van der Waals surface area contributed by atoms with Gasteiger partial charge in [0.05, 0.1) is 11.8 Å². The number of carbonyl (C=O) groups excluding carboxylic acids is 1. The summed E-state index contributed by atoms with van der Waals surface area (Å²) >= 11 is 1.48. The van der Waals surface area contributed by atoms with Gasteiger partial charge in [0.25, 0.3) is 5.56 Å². The van der Waals surface area contributed by atoms with Gasteiger partial charge in [-0.15, -0.1) is 11.3 Å². The number of aryl methyl sites for hydroxylation is 2. The smallest absolute Gasteiger partial charge is 0.259 e. The van der Waals surface area contributed by atoms with Crippen LogP contribution in [0.3, 0.4) is 0 Å². The van der Waals surface area contributed by atoms with Crippen molar-refractivity contribution in [3.8, 4) is 0 Å². The summed E-state index contributed by atoms with van der Waals surface area (Å²) in [5.41, 5.74) is 4.42. The van der Waals surface area contributed by atoms with Gasteiger partial charge in [-0.3, -0.25) is 9.59 Å². The molecule has 2 atom stereocenters. The van der Waals surface area contributed by atoms with Crippen molar-refractivity contribution in [1.82, 2.24) is 15.4 Å². The molecule has 2 aliphatic carbocycles. The normalized spacial score (nSPS) is 23.5. The number of thiophene rings is 1. The molecular weight excluding hydrogens is 324 g/mol. The summed E-state index contributed by atoms with van der Waals surface area (Å²) in [6.45, 7) is 3.88. The van der Waals surface area contributed by atoms with E-state index in [1.54, 1.807) is 0 Å². The Bertz CT molecular complexity index is 953. The van der Waals surface area contributed by atoms with Gasteiger partial charge in [-0.1, -0.05) is 12.2 Å². The number of H-pyrrole nitrogens is 1. The predicted octanol–water partition coefficient (Wildman–Crippen LogP) is 2.21. The number of aromatic nitrogens is 2. The Morgan fingerprint density at radius 3 is 3.12 bits per heavy atom. The average Bonchev–Trinajstić information content (AvgIpc) is 3.00. The Balaban J connectivity index is 1.47. The van der Waals surface area contributed by atoms with Crippen molar-refractivity contribution in [1.29, 1.82) is 0 Å². The van der Waals surface area contributed by atoms with Gasteiger partial charge in [0.15, 0.2) is 0 Å². The highest BCUT2D eigenvalue weighted by molar-refractivity contribution is 7.18. The molecule has 0 aromatic carbocycles. The first-order valence-corrected chi connectivity index (χ1v) is 8.85. The summed E-state index contributed by atoms with van der Waals surface area (Å²) in [7, 11) is 0. The molecule has 6 nitrogen and oxygen atoms in total. The second kappa shape index (κ2) is 5.66. The van der Waals surface area contributed by atoms with Crippen LogP contribution in [0.25, 0.3) is 10.2 Å². The van der Waals surface area contributed by atoms with E-state index in [1.165, 1.54) is 11.3 Å². The third kappa shape index (κ3) is 2.49. The molecule has 24 heavy (non-hydrogen) atoms. The number of hydrazone groups is 1. The van der Waals surface area contributed by atoms with Gasteiger partial charge in [0.1, 0.15) is 10.7 Å². The molecule has 124 valence electrons. The largest absolute Gasteiger partial charge is 0.309 e. The quantitative estimate of drug-likeness (QED) is 0.662. The van der Waals surface area contributed by atoms with E-state index in [4.69, 9.17) is 0 Å². The lowest BCUT2D eigenvalue weighted by molar-refractivity contribution is -0.120. The first-order chi connectivity index (χ1) is 11.5. The summed E-state index contributed by atoms with van der Waals surface area (Å²) in [4.78, 5) is 33.2. The Morgan fingerprint density at radius 1 is 1.50 bits per heavy atom. The van der Waals surface area contributed by atoms with E-state index >= 15 is 0 Å². The van der Waals surface area contributed by atoms with E-state index in [1.807, 2.05) is 13.8 Å². The number of nitrogens with one attached hydrogen (secondary N) is 2. The van der Waals surface area contributed by atoms with Crippen LogP contribution in [-0.2, 0) is 11.2 Å². The standard InChI is InChI=1S/C17H18N4O2S/c1-8-9(2)24-17-15(8)16(23)18-13(19-17)7-14(22)21-20-12-6-10-4-3-5-11(10)12/h3-4,10-11H,5-7H2,1-2H3,(H,21,22)(H,18,19,23)/b20-12-/t10-,11-/m1/s1. The number of fused-ring (bicyclic) bond motifs is 2. The van der Waals surface area contributed by atoms with Crippen LogP contribution in [-0.4, -0.2) is 21.6 Å². The van der Waals surface area contributed by atoms with Gasteiger partial charge in [0, 0.05) is 16.5 Å². The summed E-state index contributed by atoms with van der Waals surface area (Å²) in [6.07, 6.45) is 6.36. The molecule has 0 unspecified atom stereocenters. The van der Waals surface area contributed by atoms with Crippen LogP contribution in [0.4, 0.5) is 0 Å². The maximum atomic E-state index is 12.2. The molecule has 2 N–H and O–H groups in total. The van der Waals surface area contributed by atoms with Crippen molar-refractivity contribution in [3.63, 3.8) is 0 Å². The highest BCUT2D eigenvalue weighted by atomic mass is 32.1. The van der Waals surface area contributed by atoms with Gasteiger partial charge in [-0.25, -0.2) is 10.4 Å². The molecule has 0 radical (unpaired) electrons. The number of hydrogen-bond donors (Lipinski definition) is 2. The van der Waals surface area contributed by atoms with E-state index in [0.29, 0.717) is 27.9 Å². The molecular formula is C17H18N4O2S. The van der Waals surface area contributed by atoms with Crippen LogP contribution in [0.5, 0.6) is 0 Å².